The molecule has 128 valence electrons. The molecule has 0 radical (unpaired) electrons. The molecule has 2 aromatic carbocycles. The molecule has 0 saturated heterocycles. The quantitative estimate of drug-likeness (QED) is 0.592. The van der Waals surface area contributed by atoms with Crippen molar-refractivity contribution in [1.29, 1.82) is 0 Å². The SMILES string of the molecule is C=C(C)C(=O)O[Si](OC(=O)C(=C)C)(c1ccccc1)c1ccccc1. The predicted molar refractivity (Wildman–Crippen MR) is 99.7 cm³/mol. The van der Waals surface area contributed by atoms with Crippen molar-refractivity contribution in [2.75, 3.05) is 0 Å². The van der Waals surface area contributed by atoms with Crippen LogP contribution in [-0.2, 0) is 18.4 Å². The molecule has 25 heavy (non-hydrogen) atoms. The molecule has 0 fully saturated rings. The number of benzene rings is 2. The summed E-state index contributed by atoms with van der Waals surface area (Å²) in [5.74, 6) is -1.21. The average Bonchev–Trinajstić information content (AvgIpc) is 2.62. The summed E-state index contributed by atoms with van der Waals surface area (Å²) in [5, 5.41) is 1.29. The van der Waals surface area contributed by atoms with Gasteiger partial charge in [-0.05, 0) is 13.8 Å². The molecule has 5 heteroatoms. The van der Waals surface area contributed by atoms with E-state index in [1.807, 2.05) is 36.4 Å². The predicted octanol–water partition coefficient (Wildman–Crippen LogP) is 2.48. The van der Waals surface area contributed by atoms with Gasteiger partial charge in [-0.2, -0.15) is 0 Å². The highest BCUT2D eigenvalue weighted by Gasteiger charge is 2.50. The first-order valence-corrected chi connectivity index (χ1v) is 9.57. The van der Waals surface area contributed by atoms with Gasteiger partial charge in [0.1, 0.15) is 0 Å². The van der Waals surface area contributed by atoms with Crippen LogP contribution in [0.15, 0.2) is 85.0 Å². The van der Waals surface area contributed by atoms with Crippen LogP contribution in [0.3, 0.4) is 0 Å². The Morgan fingerprint density at radius 1 is 0.720 bits per heavy atom. The fourth-order valence-corrected chi connectivity index (χ4v) is 5.15. The van der Waals surface area contributed by atoms with Gasteiger partial charge in [-0.1, -0.05) is 73.8 Å². The number of hydrogen-bond acceptors (Lipinski definition) is 4. The Morgan fingerprint density at radius 2 is 1.04 bits per heavy atom. The second-order valence-electron chi connectivity index (χ2n) is 5.69. The van der Waals surface area contributed by atoms with Gasteiger partial charge in [0, 0.05) is 21.5 Å². The summed E-state index contributed by atoms with van der Waals surface area (Å²) in [6, 6.07) is 18.1. The van der Waals surface area contributed by atoms with Crippen molar-refractivity contribution in [3.8, 4) is 0 Å². The summed E-state index contributed by atoms with van der Waals surface area (Å²) in [6.45, 7) is 10.4. The Balaban J connectivity index is 2.68. The van der Waals surface area contributed by atoms with Crippen LogP contribution in [-0.4, -0.2) is 20.5 Å². The molecule has 2 rings (SSSR count). The van der Waals surface area contributed by atoms with E-state index in [1.165, 1.54) is 0 Å². The zero-order valence-corrected chi connectivity index (χ0v) is 15.3. The molecule has 0 aliphatic heterocycles. The van der Waals surface area contributed by atoms with E-state index in [4.69, 9.17) is 8.85 Å². The molecule has 0 N–H and O–H groups in total. The molecule has 0 aliphatic rings. The molecule has 4 nitrogen and oxygen atoms in total. The fraction of sp³-hybridized carbons (Fsp3) is 0.100. The molecule has 0 bridgehead atoms. The van der Waals surface area contributed by atoms with E-state index >= 15 is 0 Å². The van der Waals surface area contributed by atoms with E-state index in [0.29, 0.717) is 10.4 Å². The first kappa shape index (κ1) is 18.4. The van der Waals surface area contributed by atoms with Crippen molar-refractivity contribution in [2.24, 2.45) is 0 Å². The largest absolute Gasteiger partial charge is 0.535 e. The molecule has 0 unspecified atom stereocenters. The summed E-state index contributed by atoms with van der Waals surface area (Å²) < 4.78 is 11.6. The minimum atomic E-state index is -3.62. The van der Waals surface area contributed by atoms with Gasteiger partial charge >= 0.3 is 20.5 Å². The Hall–Kier alpha value is -2.92. The van der Waals surface area contributed by atoms with Gasteiger partial charge in [0.2, 0.25) is 0 Å². The van der Waals surface area contributed by atoms with E-state index in [2.05, 4.69) is 13.2 Å². The lowest BCUT2D eigenvalue weighted by Gasteiger charge is -2.30. The zero-order chi connectivity index (χ0) is 18.4. The van der Waals surface area contributed by atoms with Crippen molar-refractivity contribution >= 4 is 30.9 Å². The summed E-state index contributed by atoms with van der Waals surface area (Å²) in [5.41, 5.74) is 0.463. The lowest BCUT2D eigenvalue weighted by Crippen LogP contribution is -2.65. The normalized spacial score (nSPS) is 10.6. The van der Waals surface area contributed by atoms with Gasteiger partial charge in [-0.15, -0.1) is 0 Å². The fourth-order valence-electron chi connectivity index (χ4n) is 2.17. The molecule has 2 aromatic rings. The number of carbonyl (C=O) groups excluding carboxylic acids is 2. The molecule has 0 aliphatic carbocycles. The van der Waals surface area contributed by atoms with Crippen LogP contribution >= 0.6 is 0 Å². The summed E-state index contributed by atoms with van der Waals surface area (Å²) in [4.78, 5) is 24.7. The second kappa shape index (κ2) is 7.77. The van der Waals surface area contributed by atoms with Crippen LogP contribution in [0.25, 0.3) is 0 Å². The van der Waals surface area contributed by atoms with E-state index in [-0.39, 0.29) is 11.1 Å². The smallest absolute Gasteiger partial charge is 0.475 e. The average molecular weight is 352 g/mol. The highest BCUT2D eigenvalue weighted by Crippen LogP contribution is 2.14. The monoisotopic (exact) mass is 352 g/mol. The maximum atomic E-state index is 12.4. The molecule has 0 aromatic heterocycles. The van der Waals surface area contributed by atoms with Crippen molar-refractivity contribution in [1.82, 2.24) is 0 Å². The van der Waals surface area contributed by atoms with Gasteiger partial charge in [0.05, 0.1) is 0 Å². The molecule has 0 atom stereocenters. The third kappa shape index (κ3) is 4.13. The van der Waals surface area contributed by atoms with Crippen LogP contribution in [0.1, 0.15) is 13.8 Å². The summed E-state index contributed by atoms with van der Waals surface area (Å²) in [7, 11) is -3.62. The Bertz CT molecular complexity index is 727. The third-order valence-corrected chi connectivity index (χ3v) is 6.61. The first-order chi connectivity index (χ1) is 11.9. The molecule has 0 spiro atoms. The standard InChI is InChI=1S/C20H20O4Si/c1-15(2)19(21)23-25(24-20(22)16(3)4,17-11-7-5-8-12-17)18-13-9-6-10-14-18/h5-14H,1,3H2,2,4H3. The van der Waals surface area contributed by atoms with Gasteiger partial charge in [0.15, 0.2) is 0 Å². The van der Waals surface area contributed by atoms with E-state index in [9.17, 15) is 9.59 Å². The molecule has 0 saturated carbocycles. The van der Waals surface area contributed by atoms with E-state index in [0.717, 1.165) is 0 Å². The molecular formula is C20H20O4Si. The van der Waals surface area contributed by atoms with Crippen LogP contribution in [0.2, 0.25) is 0 Å². The van der Waals surface area contributed by atoms with Gasteiger partial charge < -0.3 is 8.85 Å². The number of rotatable bonds is 6. The molecule has 0 amide bonds. The Kier molecular flexibility index (Phi) is 5.72. The summed E-state index contributed by atoms with van der Waals surface area (Å²) in [6.07, 6.45) is 0. The lowest BCUT2D eigenvalue weighted by atomic mass is 10.4. The molecular weight excluding hydrogens is 332 g/mol. The minimum absolute atomic E-state index is 0.232. The van der Waals surface area contributed by atoms with Gasteiger partial charge in [-0.25, -0.2) is 9.59 Å². The van der Waals surface area contributed by atoms with Crippen molar-refractivity contribution < 1.29 is 18.4 Å². The van der Waals surface area contributed by atoms with Crippen LogP contribution in [0.5, 0.6) is 0 Å². The van der Waals surface area contributed by atoms with Crippen LogP contribution in [0, 0.1) is 0 Å². The minimum Gasteiger partial charge on any atom is -0.475 e. The van der Waals surface area contributed by atoms with E-state index < -0.39 is 20.5 Å². The number of hydrogen-bond donors (Lipinski definition) is 0. The third-order valence-electron chi connectivity index (χ3n) is 3.48. The maximum Gasteiger partial charge on any atom is 0.535 e. The van der Waals surface area contributed by atoms with Gasteiger partial charge in [0.25, 0.3) is 0 Å². The van der Waals surface area contributed by atoms with E-state index in [1.54, 1.807) is 38.1 Å². The number of carbonyl (C=O) groups is 2. The van der Waals surface area contributed by atoms with Crippen LogP contribution < -0.4 is 10.4 Å². The maximum absolute atomic E-state index is 12.4. The van der Waals surface area contributed by atoms with Crippen LogP contribution in [0.4, 0.5) is 0 Å². The summed E-state index contributed by atoms with van der Waals surface area (Å²) >= 11 is 0. The van der Waals surface area contributed by atoms with Crippen molar-refractivity contribution in [3.63, 3.8) is 0 Å². The molecule has 0 heterocycles. The zero-order valence-electron chi connectivity index (χ0n) is 14.3. The second-order valence-corrected chi connectivity index (χ2v) is 8.48. The highest BCUT2D eigenvalue weighted by atomic mass is 28.4. The Labute approximate surface area is 148 Å². The lowest BCUT2D eigenvalue weighted by molar-refractivity contribution is -0.136. The van der Waals surface area contributed by atoms with Crippen molar-refractivity contribution in [2.45, 2.75) is 13.8 Å². The highest BCUT2D eigenvalue weighted by molar-refractivity contribution is 6.94. The Morgan fingerprint density at radius 3 is 1.32 bits per heavy atom. The topological polar surface area (TPSA) is 52.6 Å². The van der Waals surface area contributed by atoms with Crippen molar-refractivity contribution in [3.05, 3.63) is 85.0 Å². The van der Waals surface area contributed by atoms with Gasteiger partial charge in [-0.3, -0.25) is 0 Å². The first-order valence-electron chi connectivity index (χ1n) is 7.75.